The van der Waals surface area contributed by atoms with Crippen LogP contribution < -0.4 is 0 Å². The van der Waals surface area contributed by atoms with Gasteiger partial charge < -0.3 is 4.90 Å². The summed E-state index contributed by atoms with van der Waals surface area (Å²) < 4.78 is 0. The number of hydrogen-bond acceptors (Lipinski definition) is 1. The van der Waals surface area contributed by atoms with Gasteiger partial charge in [-0.3, -0.25) is 4.79 Å². The minimum Gasteiger partial charge on any atom is -0.333 e. The van der Waals surface area contributed by atoms with Crippen molar-refractivity contribution in [2.75, 3.05) is 0 Å². The van der Waals surface area contributed by atoms with E-state index in [9.17, 15) is 4.79 Å². The van der Waals surface area contributed by atoms with Crippen LogP contribution in [-0.2, 0) is 0 Å². The zero-order valence-electron chi connectivity index (χ0n) is 9.31. The predicted octanol–water partition coefficient (Wildman–Crippen LogP) is 2.70. The molecule has 1 fully saturated rings. The van der Waals surface area contributed by atoms with E-state index < -0.39 is 0 Å². The Hall–Kier alpha value is -1.31. The molecule has 1 aromatic rings. The van der Waals surface area contributed by atoms with Gasteiger partial charge in [-0.15, -0.1) is 0 Å². The second kappa shape index (κ2) is 4.05. The largest absolute Gasteiger partial charge is 0.333 e. The summed E-state index contributed by atoms with van der Waals surface area (Å²) in [4.78, 5) is 14.2. The maximum Gasteiger partial charge on any atom is 0.254 e. The quantitative estimate of drug-likeness (QED) is 0.739. The first-order valence-corrected chi connectivity index (χ1v) is 5.58. The number of benzene rings is 1. The van der Waals surface area contributed by atoms with Gasteiger partial charge in [0.15, 0.2) is 0 Å². The molecule has 1 saturated carbocycles. The zero-order valence-corrected chi connectivity index (χ0v) is 9.31. The number of amides is 1. The van der Waals surface area contributed by atoms with Gasteiger partial charge in [0, 0.05) is 17.6 Å². The molecule has 15 heavy (non-hydrogen) atoms. The van der Waals surface area contributed by atoms with Crippen LogP contribution in [0, 0.1) is 0 Å². The van der Waals surface area contributed by atoms with E-state index in [0.717, 1.165) is 18.4 Å². The molecule has 0 radical (unpaired) electrons. The van der Waals surface area contributed by atoms with Crippen molar-refractivity contribution in [1.82, 2.24) is 4.90 Å². The Morgan fingerprint density at radius 1 is 1.27 bits per heavy atom. The van der Waals surface area contributed by atoms with E-state index in [2.05, 4.69) is 13.8 Å². The molecular weight excluding hydrogens is 186 g/mol. The van der Waals surface area contributed by atoms with Crippen LogP contribution in [0.4, 0.5) is 0 Å². The van der Waals surface area contributed by atoms with Crippen molar-refractivity contribution in [2.45, 2.75) is 38.8 Å². The Kier molecular flexibility index (Phi) is 2.76. The molecule has 1 amide bonds. The molecule has 2 nitrogen and oxygen atoms in total. The summed E-state index contributed by atoms with van der Waals surface area (Å²) in [6, 6.07) is 10.3. The normalized spacial score (nSPS) is 15.4. The average molecular weight is 203 g/mol. The fourth-order valence-electron chi connectivity index (χ4n) is 1.90. The number of hydrogen-bond donors (Lipinski definition) is 0. The van der Waals surface area contributed by atoms with Crippen LogP contribution in [0.25, 0.3) is 0 Å². The number of carbonyl (C=O) groups excluding carboxylic acids is 1. The Balaban J connectivity index is 2.18. The minimum atomic E-state index is 0.174. The van der Waals surface area contributed by atoms with Gasteiger partial charge >= 0.3 is 0 Å². The predicted molar refractivity (Wildman–Crippen MR) is 60.8 cm³/mol. The molecule has 0 saturated heterocycles. The first kappa shape index (κ1) is 10.2. The van der Waals surface area contributed by atoms with Crippen molar-refractivity contribution < 1.29 is 4.79 Å². The van der Waals surface area contributed by atoms with Gasteiger partial charge in [-0.2, -0.15) is 0 Å². The molecule has 2 rings (SSSR count). The summed E-state index contributed by atoms with van der Waals surface area (Å²) >= 11 is 0. The van der Waals surface area contributed by atoms with Gasteiger partial charge in [0.1, 0.15) is 0 Å². The van der Waals surface area contributed by atoms with Crippen molar-refractivity contribution in [2.24, 2.45) is 0 Å². The molecule has 0 bridgehead atoms. The molecule has 0 spiro atoms. The van der Waals surface area contributed by atoms with E-state index in [4.69, 9.17) is 0 Å². The molecule has 0 N–H and O–H groups in total. The lowest BCUT2D eigenvalue weighted by Crippen LogP contribution is -2.38. The van der Waals surface area contributed by atoms with Gasteiger partial charge in [0.2, 0.25) is 0 Å². The van der Waals surface area contributed by atoms with Crippen LogP contribution in [0.3, 0.4) is 0 Å². The topological polar surface area (TPSA) is 20.3 Å². The molecule has 1 aliphatic rings. The van der Waals surface area contributed by atoms with Crippen LogP contribution in [-0.4, -0.2) is 22.9 Å². The van der Waals surface area contributed by atoms with Gasteiger partial charge in [-0.25, -0.2) is 0 Å². The highest BCUT2D eigenvalue weighted by molar-refractivity contribution is 5.94. The second-order valence-electron chi connectivity index (χ2n) is 4.40. The van der Waals surface area contributed by atoms with E-state index in [0.29, 0.717) is 12.1 Å². The Morgan fingerprint density at radius 2 is 1.87 bits per heavy atom. The molecular formula is C13H17NO. The highest BCUT2D eigenvalue weighted by Crippen LogP contribution is 2.29. The van der Waals surface area contributed by atoms with Gasteiger partial charge in [-0.1, -0.05) is 18.2 Å². The molecule has 1 aromatic carbocycles. The van der Waals surface area contributed by atoms with Crippen LogP contribution in [0.5, 0.6) is 0 Å². The summed E-state index contributed by atoms with van der Waals surface area (Å²) in [5.41, 5.74) is 0.804. The fourth-order valence-corrected chi connectivity index (χ4v) is 1.90. The number of nitrogens with zero attached hydrogens (tertiary/aromatic N) is 1. The van der Waals surface area contributed by atoms with E-state index in [1.165, 1.54) is 0 Å². The number of carbonyl (C=O) groups is 1. The summed E-state index contributed by atoms with van der Waals surface area (Å²) in [5.74, 6) is 0.174. The van der Waals surface area contributed by atoms with Gasteiger partial charge in [0.25, 0.3) is 5.91 Å². The maximum absolute atomic E-state index is 12.2. The summed E-state index contributed by atoms with van der Waals surface area (Å²) in [7, 11) is 0. The van der Waals surface area contributed by atoms with Crippen molar-refractivity contribution in [3.63, 3.8) is 0 Å². The number of rotatable bonds is 3. The molecule has 0 aromatic heterocycles. The molecule has 0 atom stereocenters. The molecule has 0 aliphatic heterocycles. The highest BCUT2D eigenvalue weighted by atomic mass is 16.2. The lowest BCUT2D eigenvalue weighted by Gasteiger charge is -2.26. The smallest absolute Gasteiger partial charge is 0.254 e. The van der Waals surface area contributed by atoms with E-state index in [1.807, 2.05) is 35.2 Å². The SMILES string of the molecule is CC(C)N(C(=O)c1ccccc1)C1CC1. The Morgan fingerprint density at radius 3 is 2.33 bits per heavy atom. The molecule has 1 aliphatic carbocycles. The standard InChI is InChI=1S/C13H17NO/c1-10(2)14(12-8-9-12)13(15)11-6-4-3-5-7-11/h3-7,10,12H,8-9H2,1-2H3. The lowest BCUT2D eigenvalue weighted by molar-refractivity contribution is 0.0690. The highest BCUT2D eigenvalue weighted by Gasteiger charge is 2.34. The summed E-state index contributed by atoms with van der Waals surface area (Å²) in [5, 5.41) is 0. The fraction of sp³-hybridized carbons (Fsp3) is 0.462. The lowest BCUT2D eigenvalue weighted by atomic mass is 10.1. The Bertz CT molecular complexity index is 339. The second-order valence-corrected chi connectivity index (χ2v) is 4.40. The van der Waals surface area contributed by atoms with Crippen LogP contribution in [0.15, 0.2) is 30.3 Å². The third-order valence-electron chi connectivity index (χ3n) is 2.75. The van der Waals surface area contributed by atoms with Crippen LogP contribution in [0.2, 0.25) is 0 Å². The molecule has 0 unspecified atom stereocenters. The van der Waals surface area contributed by atoms with Crippen molar-refractivity contribution in [1.29, 1.82) is 0 Å². The first-order chi connectivity index (χ1) is 7.20. The van der Waals surface area contributed by atoms with E-state index in [1.54, 1.807) is 0 Å². The zero-order chi connectivity index (χ0) is 10.8. The minimum absolute atomic E-state index is 0.174. The van der Waals surface area contributed by atoms with E-state index in [-0.39, 0.29) is 5.91 Å². The van der Waals surface area contributed by atoms with Gasteiger partial charge in [0.05, 0.1) is 0 Å². The maximum atomic E-state index is 12.2. The third kappa shape index (κ3) is 2.20. The Labute approximate surface area is 90.9 Å². The molecule has 2 heteroatoms. The van der Waals surface area contributed by atoms with Crippen LogP contribution in [0.1, 0.15) is 37.0 Å². The average Bonchev–Trinajstić information content (AvgIpc) is 3.03. The summed E-state index contributed by atoms with van der Waals surface area (Å²) in [6.07, 6.45) is 2.33. The van der Waals surface area contributed by atoms with Gasteiger partial charge in [-0.05, 0) is 38.8 Å². The third-order valence-corrected chi connectivity index (χ3v) is 2.75. The van der Waals surface area contributed by atoms with Crippen molar-refractivity contribution >= 4 is 5.91 Å². The first-order valence-electron chi connectivity index (χ1n) is 5.58. The summed E-state index contributed by atoms with van der Waals surface area (Å²) in [6.45, 7) is 4.16. The van der Waals surface area contributed by atoms with E-state index >= 15 is 0 Å². The van der Waals surface area contributed by atoms with Crippen molar-refractivity contribution in [3.05, 3.63) is 35.9 Å². The monoisotopic (exact) mass is 203 g/mol. The van der Waals surface area contributed by atoms with Crippen molar-refractivity contribution in [3.8, 4) is 0 Å². The molecule has 0 heterocycles. The molecule has 80 valence electrons. The van der Waals surface area contributed by atoms with Crippen LogP contribution >= 0.6 is 0 Å².